The number of ether oxygens (including phenoxy) is 1. The highest BCUT2D eigenvalue weighted by Crippen LogP contribution is 2.34. The molecular weight excluding hydrogens is 416 g/mol. The standard InChI is InChI=1S/C19H17F2N5O3S/c20-11-2-3-14(16(6-11)29-9-17(22)27)25-19-18-13(21)7-12(8-15(18)23-10-24-19)26-30(28)4-1-5-30/h2-3,6-8,10H,1,4-5,9H2,(H2,22,27)(H,23,24,25). The van der Waals surface area contributed by atoms with Gasteiger partial charge in [0.15, 0.2) is 6.61 Å². The highest BCUT2D eigenvalue weighted by atomic mass is 32.2. The summed E-state index contributed by atoms with van der Waals surface area (Å²) in [6.45, 7) is -0.457. The zero-order chi connectivity index (χ0) is 21.3. The van der Waals surface area contributed by atoms with Crippen LogP contribution in [0.15, 0.2) is 41.0 Å². The van der Waals surface area contributed by atoms with Crippen molar-refractivity contribution in [2.75, 3.05) is 23.4 Å². The van der Waals surface area contributed by atoms with E-state index >= 15 is 0 Å². The maximum atomic E-state index is 14.9. The van der Waals surface area contributed by atoms with Crippen molar-refractivity contribution < 1.29 is 22.5 Å². The fourth-order valence-corrected chi connectivity index (χ4v) is 4.40. The second kappa shape index (κ2) is 7.82. The zero-order valence-corrected chi connectivity index (χ0v) is 16.4. The van der Waals surface area contributed by atoms with Gasteiger partial charge in [0.05, 0.1) is 32.0 Å². The van der Waals surface area contributed by atoms with Crippen LogP contribution in [0.5, 0.6) is 5.75 Å². The lowest BCUT2D eigenvalue weighted by atomic mass is 10.2. The van der Waals surface area contributed by atoms with Gasteiger partial charge in [-0.1, -0.05) is 0 Å². The van der Waals surface area contributed by atoms with E-state index in [0.717, 1.165) is 12.5 Å². The molecule has 0 atom stereocenters. The number of primary amides is 1. The fraction of sp³-hybridized carbons (Fsp3) is 0.211. The molecule has 3 aromatic rings. The maximum Gasteiger partial charge on any atom is 0.255 e. The Morgan fingerprint density at radius 2 is 2.03 bits per heavy atom. The first-order valence-electron chi connectivity index (χ1n) is 8.97. The highest BCUT2D eigenvalue weighted by Gasteiger charge is 2.20. The lowest BCUT2D eigenvalue weighted by Crippen LogP contribution is -2.22. The molecule has 0 radical (unpaired) electrons. The van der Waals surface area contributed by atoms with Crippen molar-refractivity contribution in [1.29, 1.82) is 0 Å². The van der Waals surface area contributed by atoms with Crippen LogP contribution in [0.2, 0.25) is 0 Å². The number of hydrogen-bond acceptors (Lipinski definition) is 7. The third-order valence-corrected chi connectivity index (χ3v) is 6.84. The fourth-order valence-electron chi connectivity index (χ4n) is 2.95. The Hall–Kier alpha value is -3.34. The number of carbonyl (C=O) groups is 1. The topological polar surface area (TPSA) is 120 Å². The molecule has 0 spiro atoms. The monoisotopic (exact) mass is 433 g/mol. The number of amides is 1. The number of nitrogens with one attached hydrogen (secondary N) is 1. The van der Waals surface area contributed by atoms with Crippen LogP contribution < -0.4 is 15.8 Å². The molecule has 0 bridgehead atoms. The summed E-state index contributed by atoms with van der Waals surface area (Å²) in [5, 5.41) is 2.95. The number of anilines is 2. The number of fused-ring (bicyclic) bond motifs is 1. The van der Waals surface area contributed by atoms with E-state index in [1.165, 1.54) is 30.6 Å². The molecule has 4 rings (SSSR count). The van der Waals surface area contributed by atoms with Crippen molar-refractivity contribution >= 4 is 43.7 Å². The number of carbonyl (C=O) groups excluding carboxylic acids is 1. The lowest BCUT2D eigenvalue weighted by molar-refractivity contribution is -0.119. The predicted molar refractivity (Wildman–Crippen MR) is 108 cm³/mol. The van der Waals surface area contributed by atoms with E-state index in [0.29, 0.717) is 11.5 Å². The summed E-state index contributed by atoms with van der Waals surface area (Å²) in [4.78, 5) is 19.1. The van der Waals surface area contributed by atoms with Crippen LogP contribution in [0.4, 0.5) is 26.0 Å². The number of hydrogen-bond donors (Lipinski definition) is 2. The SMILES string of the molecule is NC(=O)COc1cc(F)ccc1Nc1ncnc2cc(N=S3(=O)CCC3)cc(F)c12. The lowest BCUT2D eigenvalue weighted by Gasteiger charge is -2.18. The van der Waals surface area contributed by atoms with E-state index < -0.39 is 33.9 Å². The van der Waals surface area contributed by atoms with E-state index in [2.05, 4.69) is 19.6 Å². The van der Waals surface area contributed by atoms with Gasteiger partial charge < -0.3 is 15.8 Å². The molecule has 30 heavy (non-hydrogen) atoms. The number of benzene rings is 2. The summed E-state index contributed by atoms with van der Waals surface area (Å²) in [5.41, 5.74) is 5.83. The Balaban J connectivity index is 1.73. The van der Waals surface area contributed by atoms with Crippen LogP contribution in [0.1, 0.15) is 6.42 Å². The van der Waals surface area contributed by atoms with Crippen LogP contribution in [-0.4, -0.2) is 38.2 Å². The molecule has 1 fully saturated rings. The van der Waals surface area contributed by atoms with Crippen molar-refractivity contribution in [3.05, 3.63) is 48.3 Å². The largest absolute Gasteiger partial charge is 0.481 e. The van der Waals surface area contributed by atoms with E-state index in [1.54, 1.807) is 0 Å². The molecule has 8 nitrogen and oxygen atoms in total. The smallest absolute Gasteiger partial charge is 0.255 e. The summed E-state index contributed by atoms with van der Waals surface area (Å²) in [5.74, 6) is -0.857. The van der Waals surface area contributed by atoms with Gasteiger partial charge in [-0.25, -0.2) is 23.0 Å². The summed E-state index contributed by atoms with van der Waals surface area (Å²) in [6.07, 6.45) is 2.07. The predicted octanol–water partition coefficient (Wildman–Crippen LogP) is 3.02. The summed E-state index contributed by atoms with van der Waals surface area (Å²) in [7, 11) is -2.30. The van der Waals surface area contributed by atoms with E-state index in [4.69, 9.17) is 10.5 Å². The normalized spacial score (nSPS) is 14.7. The number of halogens is 2. The molecule has 0 unspecified atom stereocenters. The summed E-state index contributed by atoms with van der Waals surface area (Å²) >= 11 is 0. The minimum Gasteiger partial charge on any atom is -0.481 e. The van der Waals surface area contributed by atoms with Gasteiger partial charge in [-0.3, -0.25) is 4.79 Å². The Morgan fingerprint density at radius 3 is 2.73 bits per heavy atom. The molecule has 0 aliphatic carbocycles. The van der Waals surface area contributed by atoms with E-state index in [1.807, 2.05) is 0 Å². The van der Waals surface area contributed by atoms with Crippen LogP contribution in [0.25, 0.3) is 10.9 Å². The van der Waals surface area contributed by atoms with Gasteiger partial charge in [0.2, 0.25) is 0 Å². The molecule has 2 heterocycles. The first-order valence-corrected chi connectivity index (χ1v) is 10.8. The molecule has 3 N–H and O–H groups in total. The summed E-state index contributed by atoms with van der Waals surface area (Å²) in [6, 6.07) is 6.31. The minimum atomic E-state index is -2.30. The van der Waals surface area contributed by atoms with Gasteiger partial charge in [-0.2, -0.15) is 4.36 Å². The van der Waals surface area contributed by atoms with Gasteiger partial charge in [0.1, 0.15) is 29.5 Å². The van der Waals surface area contributed by atoms with Gasteiger partial charge >= 0.3 is 0 Å². The molecule has 156 valence electrons. The average Bonchev–Trinajstić information content (AvgIpc) is 2.66. The number of nitrogens with two attached hydrogens (primary N) is 1. The van der Waals surface area contributed by atoms with Crippen LogP contribution in [-0.2, 0) is 14.5 Å². The van der Waals surface area contributed by atoms with Crippen molar-refractivity contribution in [2.24, 2.45) is 10.1 Å². The molecule has 11 heteroatoms. The summed E-state index contributed by atoms with van der Waals surface area (Å²) < 4.78 is 50.2. The minimum absolute atomic E-state index is 0.00877. The van der Waals surface area contributed by atoms with Gasteiger partial charge in [0, 0.05) is 23.6 Å². The maximum absolute atomic E-state index is 14.9. The second-order valence-corrected chi connectivity index (χ2v) is 9.23. The van der Waals surface area contributed by atoms with Gasteiger partial charge in [0.25, 0.3) is 5.91 Å². The molecule has 1 aliphatic heterocycles. The molecule has 1 amide bonds. The number of aromatic nitrogens is 2. The highest BCUT2D eigenvalue weighted by molar-refractivity contribution is 7.95. The molecule has 0 saturated carbocycles. The molecular formula is C19H17F2N5O3S. The Morgan fingerprint density at radius 1 is 1.23 bits per heavy atom. The van der Waals surface area contributed by atoms with Gasteiger partial charge in [-0.05, 0) is 24.6 Å². The average molecular weight is 433 g/mol. The Labute approximate surface area is 170 Å². The number of rotatable bonds is 6. The first kappa shape index (κ1) is 20.0. The first-order chi connectivity index (χ1) is 14.3. The van der Waals surface area contributed by atoms with Crippen molar-refractivity contribution in [2.45, 2.75) is 6.42 Å². The third kappa shape index (κ3) is 4.15. The molecule has 1 saturated heterocycles. The Kier molecular flexibility index (Phi) is 5.20. The van der Waals surface area contributed by atoms with Crippen molar-refractivity contribution in [3.63, 3.8) is 0 Å². The number of nitrogens with zero attached hydrogens (tertiary/aromatic N) is 3. The third-order valence-electron chi connectivity index (χ3n) is 4.44. The molecule has 2 aromatic carbocycles. The van der Waals surface area contributed by atoms with E-state index in [-0.39, 0.29) is 33.8 Å². The van der Waals surface area contributed by atoms with E-state index in [9.17, 15) is 17.8 Å². The zero-order valence-electron chi connectivity index (χ0n) is 15.6. The van der Waals surface area contributed by atoms with Crippen LogP contribution in [0.3, 0.4) is 0 Å². The van der Waals surface area contributed by atoms with Crippen LogP contribution in [0, 0.1) is 11.6 Å². The quantitative estimate of drug-likeness (QED) is 0.617. The molecule has 1 aromatic heterocycles. The Bertz CT molecular complexity index is 1260. The molecule has 1 aliphatic rings. The second-order valence-electron chi connectivity index (χ2n) is 6.69. The van der Waals surface area contributed by atoms with Crippen LogP contribution >= 0.6 is 0 Å². The van der Waals surface area contributed by atoms with Crippen molar-refractivity contribution in [3.8, 4) is 5.75 Å². The van der Waals surface area contributed by atoms with Crippen molar-refractivity contribution in [1.82, 2.24) is 9.97 Å². The van der Waals surface area contributed by atoms with Gasteiger partial charge in [-0.15, -0.1) is 0 Å².